The van der Waals surface area contributed by atoms with Crippen LogP contribution in [-0.4, -0.2) is 6.54 Å². The Kier molecular flexibility index (Phi) is 5.41. The van der Waals surface area contributed by atoms with Crippen molar-refractivity contribution in [2.75, 3.05) is 6.54 Å². The number of nitrogens with one attached hydrogen (secondary N) is 1. The van der Waals surface area contributed by atoms with Crippen molar-refractivity contribution in [3.05, 3.63) is 57.8 Å². The summed E-state index contributed by atoms with van der Waals surface area (Å²) in [6.07, 6.45) is 1.07. The molecule has 2 rings (SSSR count). The van der Waals surface area contributed by atoms with Gasteiger partial charge in [-0.25, -0.2) is 4.39 Å². The monoisotopic (exact) mass is 311 g/mol. The predicted molar refractivity (Wildman–Crippen MR) is 83.9 cm³/mol. The van der Waals surface area contributed by atoms with Crippen LogP contribution in [0.4, 0.5) is 4.39 Å². The molecule has 0 saturated heterocycles. The van der Waals surface area contributed by atoms with E-state index in [1.807, 2.05) is 18.2 Å². The Morgan fingerprint density at radius 2 is 1.85 bits per heavy atom. The van der Waals surface area contributed by atoms with Crippen LogP contribution in [0.25, 0.3) is 11.1 Å². The Labute approximate surface area is 128 Å². The average Bonchev–Trinajstić information content (AvgIpc) is 2.41. The summed E-state index contributed by atoms with van der Waals surface area (Å²) in [7, 11) is 0. The normalized spacial score (nSPS) is 10.8. The van der Waals surface area contributed by atoms with Gasteiger partial charge in [-0.3, -0.25) is 0 Å². The number of rotatable bonds is 5. The molecule has 2 aromatic rings. The summed E-state index contributed by atoms with van der Waals surface area (Å²) in [5.74, 6) is -0.336. The fraction of sp³-hybridized carbons (Fsp3) is 0.250. The van der Waals surface area contributed by atoms with Crippen LogP contribution in [0.2, 0.25) is 10.0 Å². The van der Waals surface area contributed by atoms with E-state index in [9.17, 15) is 4.39 Å². The molecule has 1 N–H and O–H groups in total. The van der Waals surface area contributed by atoms with Gasteiger partial charge in [0.2, 0.25) is 0 Å². The molecule has 0 aliphatic rings. The number of benzene rings is 2. The van der Waals surface area contributed by atoms with E-state index >= 15 is 0 Å². The van der Waals surface area contributed by atoms with Gasteiger partial charge < -0.3 is 5.32 Å². The summed E-state index contributed by atoms with van der Waals surface area (Å²) in [6.45, 7) is 3.76. The summed E-state index contributed by atoms with van der Waals surface area (Å²) in [5.41, 5.74) is 2.76. The van der Waals surface area contributed by atoms with Crippen molar-refractivity contribution in [2.45, 2.75) is 19.9 Å². The van der Waals surface area contributed by atoms with Gasteiger partial charge in [-0.2, -0.15) is 0 Å². The molecular formula is C16H16Cl2FN. The first-order valence-electron chi connectivity index (χ1n) is 6.56. The molecule has 0 heterocycles. The highest BCUT2D eigenvalue weighted by atomic mass is 35.5. The van der Waals surface area contributed by atoms with E-state index in [2.05, 4.69) is 12.2 Å². The molecule has 1 nitrogen and oxygen atoms in total. The van der Waals surface area contributed by atoms with Gasteiger partial charge in [0, 0.05) is 17.1 Å². The Morgan fingerprint density at radius 3 is 2.55 bits per heavy atom. The average molecular weight is 312 g/mol. The summed E-state index contributed by atoms with van der Waals surface area (Å²) in [6, 6.07) is 10.1. The topological polar surface area (TPSA) is 12.0 Å². The van der Waals surface area contributed by atoms with Crippen LogP contribution < -0.4 is 5.32 Å². The van der Waals surface area contributed by atoms with Gasteiger partial charge in [0.15, 0.2) is 0 Å². The third-order valence-corrected chi connectivity index (χ3v) is 3.71. The van der Waals surface area contributed by atoms with Crippen molar-refractivity contribution in [2.24, 2.45) is 0 Å². The highest BCUT2D eigenvalue weighted by molar-refractivity contribution is 6.33. The van der Waals surface area contributed by atoms with Crippen LogP contribution in [0.15, 0.2) is 36.4 Å². The maximum atomic E-state index is 13.1. The molecule has 0 saturated carbocycles. The molecule has 0 amide bonds. The van der Waals surface area contributed by atoms with Gasteiger partial charge in [0.25, 0.3) is 0 Å². The largest absolute Gasteiger partial charge is 0.313 e. The van der Waals surface area contributed by atoms with Gasteiger partial charge in [-0.15, -0.1) is 0 Å². The van der Waals surface area contributed by atoms with Crippen molar-refractivity contribution in [1.82, 2.24) is 5.32 Å². The smallest absolute Gasteiger partial charge is 0.124 e. The maximum Gasteiger partial charge on any atom is 0.124 e. The van der Waals surface area contributed by atoms with Gasteiger partial charge >= 0.3 is 0 Å². The van der Waals surface area contributed by atoms with E-state index in [1.165, 1.54) is 12.1 Å². The lowest BCUT2D eigenvalue weighted by molar-refractivity contribution is 0.628. The lowest BCUT2D eigenvalue weighted by atomic mass is 10.0. The highest BCUT2D eigenvalue weighted by Crippen LogP contribution is 2.31. The van der Waals surface area contributed by atoms with Crippen LogP contribution >= 0.6 is 23.2 Å². The van der Waals surface area contributed by atoms with Gasteiger partial charge in [0.1, 0.15) is 5.82 Å². The van der Waals surface area contributed by atoms with E-state index in [-0.39, 0.29) is 5.82 Å². The van der Waals surface area contributed by atoms with Gasteiger partial charge in [0.05, 0.1) is 5.02 Å². The number of hydrogen-bond acceptors (Lipinski definition) is 1. The zero-order chi connectivity index (χ0) is 14.5. The molecule has 0 bridgehead atoms. The lowest BCUT2D eigenvalue weighted by Gasteiger charge is -2.10. The summed E-state index contributed by atoms with van der Waals surface area (Å²) in [5, 5.41) is 4.44. The molecule has 0 spiro atoms. The maximum absolute atomic E-state index is 13.1. The summed E-state index contributed by atoms with van der Waals surface area (Å²) < 4.78 is 13.1. The molecular weight excluding hydrogens is 296 g/mol. The van der Waals surface area contributed by atoms with Crippen LogP contribution in [0, 0.1) is 5.82 Å². The molecule has 2 aromatic carbocycles. The minimum absolute atomic E-state index is 0.336. The van der Waals surface area contributed by atoms with Crippen molar-refractivity contribution in [3.63, 3.8) is 0 Å². The third kappa shape index (κ3) is 3.72. The molecule has 20 heavy (non-hydrogen) atoms. The second-order valence-corrected chi connectivity index (χ2v) is 5.42. The van der Waals surface area contributed by atoms with Crippen LogP contribution in [-0.2, 0) is 6.54 Å². The second-order valence-electron chi connectivity index (χ2n) is 4.61. The Bertz CT molecular complexity index is 599. The molecule has 106 valence electrons. The van der Waals surface area contributed by atoms with E-state index < -0.39 is 0 Å². The first-order chi connectivity index (χ1) is 9.61. The SMILES string of the molecule is CCCNCc1cc(-c2ccc(F)cc2Cl)ccc1Cl. The van der Waals surface area contributed by atoms with Gasteiger partial charge in [-0.1, -0.05) is 36.2 Å². The standard InChI is InChI=1S/C16H16Cl2FN/c1-2-7-20-10-12-8-11(3-6-15(12)17)14-5-4-13(19)9-16(14)18/h3-6,8-9,20H,2,7,10H2,1H3. The predicted octanol–water partition coefficient (Wildman–Crippen LogP) is 5.30. The Balaban J connectivity index is 2.30. The summed E-state index contributed by atoms with van der Waals surface area (Å²) >= 11 is 12.3. The Hall–Kier alpha value is -1.09. The van der Waals surface area contributed by atoms with Gasteiger partial charge in [-0.05, 0) is 54.4 Å². The number of halogens is 3. The quantitative estimate of drug-likeness (QED) is 0.739. The molecule has 0 aromatic heterocycles. The molecule has 0 radical (unpaired) electrons. The fourth-order valence-corrected chi connectivity index (χ4v) is 2.46. The minimum atomic E-state index is -0.336. The number of hydrogen-bond donors (Lipinski definition) is 1. The van der Waals surface area contributed by atoms with Crippen molar-refractivity contribution < 1.29 is 4.39 Å². The zero-order valence-corrected chi connectivity index (χ0v) is 12.7. The fourth-order valence-electron chi connectivity index (χ4n) is 2.00. The van der Waals surface area contributed by atoms with Crippen molar-refractivity contribution >= 4 is 23.2 Å². The van der Waals surface area contributed by atoms with Crippen LogP contribution in [0.5, 0.6) is 0 Å². The molecule has 4 heteroatoms. The molecule has 0 aliphatic heterocycles. The highest BCUT2D eigenvalue weighted by Gasteiger charge is 2.08. The molecule has 0 atom stereocenters. The molecule has 0 unspecified atom stereocenters. The van der Waals surface area contributed by atoms with E-state index in [0.717, 1.165) is 34.7 Å². The summed E-state index contributed by atoms with van der Waals surface area (Å²) in [4.78, 5) is 0. The van der Waals surface area contributed by atoms with Crippen molar-refractivity contribution in [1.29, 1.82) is 0 Å². The van der Waals surface area contributed by atoms with E-state index in [1.54, 1.807) is 6.07 Å². The van der Waals surface area contributed by atoms with E-state index in [4.69, 9.17) is 23.2 Å². The first-order valence-corrected chi connectivity index (χ1v) is 7.32. The molecule has 0 fully saturated rings. The van der Waals surface area contributed by atoms with Crippen LogP contribution in [0.1, 0.15) is 18.9 Å². The first kappa shape index (κ1) is 15.3. The second kappa shape index (κ2) is 7.07. The zero-order valence-electron chi connectivity index (χ0n) is 11.2. The lowest BCUT2D eigenvalue weighted by Crippen LogP contribution is -2.14. The third-order valence-electron chi connectivity index (χ3n) is 3.03. The minimum Gasteiger partial charge on any atom is -0.313 e. The van der Waals surface area contributed by atoms with E-state index in [0.29, 0.717) is 11.6 Å². The van der Waals surface area contributed by atoms with Crippen molar-refractivity contribution in [3.8, 4) is 11.1 Å². The van der Waals surface area contributed by atoms with Crippen LogP contribution in [0.3, 0.4) is 0 Å². The molecule has 0 aliphatic carbocycles. The Morgan fingerprint density at radius 1 is 1.05 bits per heavy atom.